The van der Waals surface area contributed by atoms with Crippen molar-refractivity contribution < 1.29 is 4.39 Å². The summed E-state index contributed by atoms with van der Waals surface area (Å²) in [5.74, 6) is 0.315. The molecule has 1 aromatic carbocycles. The molecule has 2 aromatic heterocycles. The lowest BCUT2D eigenvalue weighted by atomic mass is 9.59. The summed E-state index contributed by atoms with van der Waals surface area (Å²) in [6.07, 6.45) is 5.52. The summed E-state index contributed by atoms with van der Waals surface area (Å²) in [6.45, 7) is 14.5. The number of rotatable bonds is 5. The highest BCUT2D eigenvalue weighted by molar-refractivity contribution is 5.85. The monoisotopic (exact) mass is 375 g/mol. The Hall–Kier alpha value is -2.88. The quantitative estimate of drug-likeness (QED) is 0.477. The van der Waals surface area contributed by atoms with Crippen molar-refractivity contribution in [1.82, 2.24) is 9.97 Å². The first kappa shape index (κ1) is 19.9. The second-order valence-electron chi connectivity index (χ2n) is 7.98. The van der Waals surface area contributed by atoms with E-state index in [0.29, 0.717) is 11.3 Å². The van der Waals surface area contributed by atoms with Crippen LogP contribution in [0.4, 0.5) is 10.2 Å². The number of fused-ring (bicyclic) bond motifs is 1. The van der Waals surface area contributed by atoms with E-state index >= 15 is 0 Å². The number of aliphatic imine (C=N–C) groups is 1. The Morgan fingerprint density at radius 3 is 2.46 bits per heavy atom. The van der Waals surface area contributed by atoms with Gasteiger partial charge in [0.15, 0.2) is 5.82 Å². The van der Waals surface area contributed by atoms with E-state index in [-0.39, 0.29) is 16.6 Å². The first-order chi connectivity index (χ1) is 13.3. The fourth-order valence-electron chi connectivity index (χ4n) is 3.94. The van der Waals surface area contributed by atoms with Gasteiger partial charge in [-0.3, -0.25) is 4.98 Å². The number of hydrogen-bond donors (Lipinski definition) is 0. The van der Waals surface area contributed by atoms with Crippen molar-refractivity contribution >= 4 is 29.0 Å². The topological polar surface area (TPSA) is 38.1 Å². The first-order valence-electron chi connectivity index (χ1n) is 9.38. The standard InChI is InChI=1S/C24H26FN3/c1-7-18(17-11-9-14-28-22(17)26-6)23(2,3)24(4,5)19-13-15-27-21-16(19)10-8-12-20(21)25/h7-15H,6H2,1-5H3/b18-7+. The molecule has 0 N–H and O–H groups in total. The minimum Gasteiger partial charge on any atom is -0.253 e. The van der Waals surface area contributed by atoms with Gasteiger partial charge in [0.05, 0.1) is 0 Å². The van der Waals surface area contributed by atoms with Crippen LogP contribution in [0.1, 0.15) is 45.7 Å². The number of halogens is 1. The van der Waals surface area contributed by atoms with E-state index in [9.17, 15) is 4.39 Å². The molecule has 3 aromatic rings. The van der Waals surface area contributed by atoms with Gasteiger partial charge in [-0.15, -0.1) is 0 Å². The van der Waals surface area contributed by atoms with E-state index in [0.717, 1.165) is 22.1 Å². The van der Waals surface area contributed by atoms with Crippen molar-refractivity contribution in [3.8, 4) is 0 Å². The van der Waals surface area contributed by atoms with E-state index in [1.165, 1.54) is 6.07 Å². The van der Waals surface area contributed by atoms with Gasteiger partial charge in [-0.05, 0) is 59.9 Å². The summed E-state index contributed by atoms with van der Waals surface area (Å²) in [6, 6.07) is 11.1. The summed E-state index contributed by atoms with van der Waals surface area (Å²) < 4.78 is 14.3. The average molecular weight is 375 g/mol. The Bertz CT molecular complexity index is 1060. The Labute approximate surface area is 166 Å². The molecule has 0 aliphatic carbocycles. The molecule has 0 saturated heterocycles. The first-order valence-corrected chi connectivity index (χ1v) is 9.38. The molecule has 0 fully saturated rings. The molecule has 0 atom stereocenters. The molecule has 0 aliphatic heterocycles. The molecule has 0 saturated carbocycles. The number of nitrogens with zero attached hydrogens (tertiary/aromatic N) is 3. The lowest BCUT2D eigenvalue weighted by molar-refractivity contribution is 0.283. The molecule has 3 rings (SSSR count). The molecule has 0 unspecified atom stereocenters. The maximum atomic E-state index is 14.3. The zero-order chi connectivity index (χ0) is 20.5. The van der Waals surface area contributed by atoms with E-state index in [2.05, 4.69) is 55.4 Å². The van der Waals surface area contributed by atoms with Crippen LogP contribution in [0.2, 0.25) is 0 Å². The van der Waals surface area contributed by atoms with E-state index in [4.69, 9.17) is 0 Å². The number of allylic oxidation sites excluding steroid dienone is 2. The van der Waals surface area contributed by atoms with Gasteiger partial charge in [-0.25, -0.2) is 14.4 Å². The molecule has 0 spiro atoms. The second-order valence-corrected chi connectivity index (χ2v) is 7.98. The maximum absolute atomic E-state index is 14.3. The van der Waals surface area contributed by atoms with Crippen molar-refractivity contribution in [2.24, 2.45) is 10.4 Å². The predicted molar refractivity (Wildman–Crippen MR) is 116 cm³/mol. The van der Waals surface area contributed by atoms with Gasteiger partial charge in [0.1, 0.15) is 11.3 Å². The largest absolute Gasteiger partial charge is 0.253 e. The second kappa shape index (κ2) is 7.27. The van der Waals surface area contributed by atoms with Gasteiger partial charge in [-0.2, -0.15) is 0 Å². The van der Waals surface area contributed by atoms with Gasteiger partial charge in [0.25, 0.3) is 0 Å². The van der Waals surface area contributed by atoms with Crippen LogP contribution < -0.4 is 0 Å². The molecular weight excluding hydrogens is 349 g/mol. The highest BCUT2D eigenvalue weighted by Crippen LogP contribution is 2.52. The molecule has 0 radical (unpaired) electrons. The third-order valence-corrected chi connectivity index (χ3v) is 6.15. The number of para-hydroxylation sites is 1. The molecule has 28 heavy (non-hydrogen) atoms. The summed E-state index contributed by atoms with van der Waals surface area (Å²) in [4.78, 5) is 12.7. The Morgan fingerprint density at radius 1 is 1.04 bits per heavy atom. The Balaban J connectivity index is 2.23. The fourth-order valence-corrected chi connectivity index (χ4v) is 3.94. The van der Waals surface area contributed by atoms with Crippen LogP contribution in [0.15, 0.2) is 59.9 Å². The highest BCUT2D eigenvalue weighted by atomic mass is 19.1. The molecule has 0 aliphatic rings. The van der Waals surface area contributed by atoms with Gasteiger partial charge in [0, 0.05) is 23.3 Å². The third-order valence-electron chi connectivity index (χ3n) is 6.15. The van der Waals surface area contributed by atoms with Crippen molar-refractivity contribution in [3.05, 3.63) is 71.8 Å². The lowest BCUT2D eigenvalue weighted by Gasteiger charge is -2.45. The zero-order valence-electron chi connectivity index (χ0n) is 17.1. The van der Waals surface area contributed by atoms with Crippen molar-refractivity contribution in [2.45, 2.75) is 40.0 Å². The molecule has 3 nitrogen and oxygen atoms in total. The van der Waals surface area contributed by atoms with Gasteiger partial charge in [-0.1, -0.05) is 45.9 Å². The Kier molecular flexibility index (Phi) is 5.16. The molecule has 2 heterocycles. The van der Waals surface area contributed by atoms with Crippen LogP contribution in [-0.2, 0) is 5.41 Å². The predicted octanol–water partition coefficient (Wildman–Crippen LogP) is 6.51. The zero-order valence-corrected chi connectivity index (χ0v) is 17.1. The van der Waals surface area contributed by atoms with Crippen LogP contribution in [0.3, 0.4) is 0 Å². The number of aromatic nitrogens is 2. The third kappa shape index (κ3) is 3.03. The maximum Gasteiger partial charge on any atom is 0.158 e. The number of pyridine rings is 2. The minimum atomic E-state index is -0.335. The van der Waals surface area contributed by atoms with Crippen molar-refractivity contribution in [3.63, 3.8) is 0 Å². The Morgan fingerprint density at radius 2 is 1.79 bits per heavy atom. The molecule has 0 amide bonds. The fraction of sp³-hybridized carbons (Fsp3) is 0.292. The van der Waals surface area contributed by atoms with Crippen LogP contribution in [0.5, 0.6) is 0 Å². The normalized spacial score (nSPS) is 13.0. The smallest absolute Gasteiger partial charge is 0.158 e. The SMILES string of the molecule is C=Nc1ncccc1/C(=C\C)C(C)(C)C(C)(C)c1ccnc2c(F)cccc12. The summed E-state index contributed by atoms with van der Waals surface area (Å²) >= 11 is 0. The molecule has 4 heteroatoms. The molecule has 144 valence electrons. The van der Waals surface area contributed by atoms with Crippen LogP contribution in [0, 0.1) is 11.2 Å². The highest BCUT2D eigenvalue weighted by Gasteiger charge is 2.42. The van der Waals surface area contributed by atoms with Gasteiger partial charge >= 0.3 is 0 Å². The van der Waals surface area contributed by atoms with E-state index < -0.39 is 0 Å². The summed E-state index contributed by atoms with van der Waals surface area (Å²) in [7, 11) is 0. The van der Waals surface area contributed by atoms with Gasteiger partial charge < -0.3 is 0 Å². The summed E-state index contributed by atoms with van der Waals surface area (Å²) in [5, 5.41) is 0.837. The van der Waals surface area contributed by atoms with Crippen molar-refractivity contribution in [2.75, 3.05) is 0 Å². The number of hydrogen-bond acceptors (Lipinski definition) is 3. The van der Waals surface area contributed by atoms with Crippen LogP contribution in [-0.4, -0.2) is 16.7 Å². The molecular formula is C24H26FN3. The molecule has 0 bridgehead atoms. The van der Waals surface area contributed by atoms with Gasteiger partial charge in [0.2, 0.25) is 0 Å². The lowest BCUT2D eigenvalue weighted by Crippen LogP contribution is -2.38. The minimum absolute atomic E-state index is 0.301. The van der Waals surface area contributed by atoms with E-state index in [1.54, 1.807) is 18.5 Å². The van der Waals surface area contributed by atoms with E-state index in [1.807, 2.05) is 31.2 Å². The van der Waals surface area contributed by atoms with Crippen LogP contribution >= 0.6 is 0 Å². The average Bonchev–Trinajstić information content (AvgIpc) is 2.68. The summed E-state index contributed by atoms with van der Waals surface area (Å²) in [5.41, 5.74) is 2.89. The van der Waals surface area contributed by atoms with Crippen molar-refractivity contribution in [1.29, 1.82) is 0 Å². The van der Waals surface area contributed by atoms with Crippen LogP contribution in [0.25, 0.3) is 16.5 Å². The number of benzene rings is 1.